The monoisotopic (exact) mass is 248 g/mol. The quantitative estimate of drug-likeness (QED) is 0.457. The van der Waals surface area contributed by atoms with Crippen LogP contribution in [0.15, 0.2) is 29.8 Å². The van der Waals surface area contributed by atoms with Gasteiger partial charge in [0.05, 0.1) is 5.56 Å². The molecule has 0 aliphatic rings. The SMILES string of the molecule is CCC/C=C(\CCC)C(=O)c1cc(O)ccc1O. The molecule has 0 bridgehead atoms. The average Bonchev–Trinajstić information content (AvgIpc) is 2.36. The number of aromatic hydroxyl groups is 2. The molecule has 0 amide bonds. The molecule has 1 rings (SSSR count). The van der Waals surface area contributed by atoms with Crippen molar-refractivity contribution in [1.82, 2.24) is 0 Å². The lowest BCUT2D eigenvalue weighted by molar-refractivity contribution is 0.102. The smallest absolute Gasteiger partial charge is 0.192 e. The first-order valence-corrected chi connectivity index (χ1v) is 6.35. The molecule has 0 saturated carbocycles. The summed E-state index contributed by atoms with van der Waals surface area (Å²) in [6, 6.07) is 4.01. The Balaban J connectivity index is 3.05. The van der Waals surface area contributed by atoms with E-state index in [9.17, 15) is 15.0 Å². The van der Waals surface area contributed by atoms with Crippen molar-refractivity contribution in [3.63, 3.8) is 0 Å². The van der Waals surface area contributed by atoms with Crippen LogP contribution >= 0.6 is 0 Å². The number of hydrogen-bond donors (Lipinski definition) is 2. The van der Waals surface area contributed by atoms with Gasteiger partial charge >= 0.3 is 0 Å². The van der Waals surface area contributed by atoms with Gasteiger partial charge in [0.1, 0.15) is 11.5 Å². The van der Waals surface area contributed by atoms with Gasteiger partial charge in [0.25, 0.3) is 0 Å². The molecular formula is C15H20O3. The van der Waals surface area contributed by atoms with Gasteiger partial charge < -0.3 is 10.2 Å². The van der Waals surface area contributed by atoms with Crippen molar-refractivity contribution in [2.24, 2.45) is 0 Å². The molecule has 0 heterocycles. The van der Waals surface area contributed by atoms with E-state index in [2.05, 4.69) is 6.92 Å². The molecule has 0 atom stereocenters. The molecular weight excluding hydrogens is 228 g/mol. The molecule has 2 N–H and O–H groups in total. The minimum absolute atomic E-state index is 0.0116. The average molecular weight is 248 g/mol. The Labute approximate surface area is 108 Å². The Bertz CT molecular complexity index is 447. The summed E-state index contributed by atoms with van der Waals surface area (Å²) in [4.78, 5) is 12.3. The summed E-state index contributed by atoms with van der Waals surface area (Å²) in [5, 5.41) is 19.1. The largest absolute Gasteiger partial charge is 0.508 e. The summed E-state index contributed by atoms with van der Waals surface area (Å²) in [6.07, 6.45) is 5.32. The second-order valence-corrected chi connectivity index (χ2v) is 4.30. The first-order chi connectivity index (χ1) is 8.60. The molecule has 0 radical (unpaired) electrons. The maximum absolute atomic E-state index is 12.3. The van der Waals surface area contributed by atoms with Gasteiger partial charge in [-0.15, -0.1) is 0 Å². The van der Waals surface area contributed by atoms with E-state index in [1.54, 1.807) is 0 Å². The minimum atomic E-state index is -0.196. The van der Waals surface area contributed by atoms with Crippen molar-refractivity contribution in [3.8, 4) is 11.5 Å². The van der Waals surface area contributed by atoms with Crippen LogP contribution in [0.25, 0.3) is 0 Å². The Morgan fingerprint density at radius 2 is 1.94 bits per heavy atom. The summed E-state index contributed by atoms with van der Waals surface area (Å²) in [5.74, 6) is -0.294. The number of phenolic OH excluding ortho intramolecular Hbond substituents is 2. The van der Waals surface area contributed by atoms with Crippen LogP contribution in [0, 0.1) is 0 Å². The van der Waals surface area contributed by atoms with Crippen molar-refractivity contribution in [2.45, 2.75) is 39.5 Å². The predicted octanol–water partition coefficient (Wildman–Crippen LogP) is 3.81. The van der Waals surface area contributed by atoms with Crippen LogP contribution in [0.1, 0.15) is 49.9 Å². The molecule has 0 unspecified atom stereocenters. The summed E-state index contributed by atoms with van der Waals surface area (Å²) in [6.45, 7) is 4.06. The zero-order chi connectivity index (χ0) is 13.5. The topological polar surface area (TPSA) is 57.5 Å². The van der Waals surface area contributed by atoms with Crippen LogP contribution in [0.4, 0.5) is 0 Å². The second kappa shape index (κ2) is 6.84. The summed E-state index contributed by atoms with van der Waals surface area (Å²) < 4.78 is 0. The Kier molecular flexibility index (Phi) is 5.43. The maximum Gasteiger partial charge on any atom is 0.192 e. The number of allylic oxidation sites excluding steroid dienone is 2. The number of rotatable bonds is 6. The first-order valence-electron chi connectivity index (χ1n) is 6.35. The molecule has 3 heteroatoms. The zero-order valence-electron chi connectivity index (χ0n) is 10.9. The summed E-state index contributed by atoms with van der Waals surface area (Å²) in [7, 11) is 0. The van der Waals surface area contributed by atoms with Gasteiger partial charge in [-0.25, -0.2) is 0 Å². The van der Waals surface area contributed by atoms with Crippen molar-refractivity contribution in [3.05, 3.63) is 35.4 Å². The first kappa shape index (κ1) is 14.3. The normalized spacial score (nSPS) is 11.6. The number of carbonyl (C=O) groups is 1. The molecule has 3 nitrogen and oxygen atoms in total. The van der Waals surface area contributed by atoms with Gasteiger partial charge in [0.2, 0.25) is 0 Å². The van der Waals surface area contributed by atoms with Crippen molar-refractivity contribution < 1.29 is 15.0 Å². The van der Waals surface area contributed by atoms with Crippen LogP contribution in [-0.2, 0) is 0 Å². The van der Waals surface area contributed by atoms with Crippen LogP contribution in [0.5, 0.6) is 11.5 Å². The third-order valence-electron chi connectivity index (χ3n) is 2.72. The van der Waals surface area contributed by atoms with Gasteiger partial charge in [0, 0.05) is 0 Å². The number of hydrogen-bond acceptors (Lipinski definition) is 3. The fourth-order valence-electron chi connectivity index (χ4n) is 1.78. The highest BCUT2D eigenvalue weighted by atomic mass is 16.3. The van der Waals surface area contributed by atoms with E-state index >= 15 is 0 Å². The summed E-state index contributed by atoms with van der Waals surface area (Å²) in [5.41, 5.74) is 0.881. The number of unbranched alkanes of at least 4 members (excludes halogenated alkanes) is 1. The van der Waals surface area contributed by atoms with Crippen LogP contribution < -0.4 is 0 Å². The highest BCUT2D eigenvalue weighted by Crippen LogP contribution is 2.26. The number of Topliss-reactive ketones (excluding diaryl/α,β-unsaturated/α-hetero) is 1. The molecule has 0 aromatic heterocycles. The van der Waals surface area contributed by atoms with Gasteiger partial charge in [-0.05, 0) is 36.6 Å². The van der Waals surface area contributed by atoms with Crippen LogP contribution in [0.2, 0.25) is 0 Å². The number of phenols is 2. The fraction of sp³-hybridized carbons (Fsp3) is 0.400. The Morgan fingerprint density at radius 3 is 2.56 bits per heavy atom. The molecule has 0 aliphatic heterocycles. The van der Waals surface area contributed by atoms with Gasteiger partial charge in [0.15, 0.2) is 5.78 Å². The van der Waals surface area contributed by atoms with E-state index in [1.807, 2.05) is 13.0 Å². The maximum atomic E-state index is 12.3. The molecule has 1 aromatic rings. The Morgan fingerprint density at radius 1 is 1.22 bits per heavy atom. The van der Waals surface area contributed by atoms with E-state index < -0.39 is 0 Å². The standard InChI is InChI=1S/C15H20O3/c1-3-5-7-11(6-4-2)15(18)13-10-12(16)8-9-14(13)17/h7-10,16-17H,3-6H2,1-2H3/b11-7+. The number of ketones is 1. The highest BCUT2D eigenvalue weighted by molar-refractivity contribution is 6.10. The van der Waals surface area contributed by atoms with Gasteiger partial charge in [-0.3, -0.25) is 4.79 Å². The summed E-state index contributed by atoms with van der Waals surface area (Å²) >= 11 is 0. The second-order valence-electron chi connectivity index (χ2n) is 4.30. The highest BCUT2D eigenvalue weighted by Gasteiger charge is 2.15. The van der Waals surface area contributed by atoms with Crippen LogP contribution in [-0.4, -0.2) is 16.0 Å². The van der Waals surface area contributed by atoms with E-state index in [0.29, 0.717) is 12.0 Å². The minimum Gasteiger partial charge on any atom is -0.508 e. The zero-order valence-corrected chi connectivity index (χ0v) is 10.9. The third kappa shape index (κ3) is 3.62. The van der Waals surface area contributed by atoms with Crippen molar-refractivity contribution in [2.75, 3.05) is 0 Å². The number of carbonyl (C=O) groups excluding carboxylic acids is 1. The van der Waals surface area contributed by atoms with Crippen LogP contribution in [0.3, 0.4) is 0 Å². The molecule has 0 saturated heterocycles. The lowest BCUT2D eigenvalue weighted by Gasteiger charge is -2.08. The Hall–Kier alpha value is -1.77. The molecule has 0 aliphatic carbocycles. The lowest BCUT2D eigenvalue weighted by Crippen LogP contribution is -2.04. The third-order valence-corrected chi connectivity index (χ3v) is 2.72. The van der Waals surface area contributed by atoms with Gasteiger partial charge in [-0.1, -0.05) is 32.8 Å². The van der Waals surface area contributed by atoms with E-state index in [0.717, 1.165) is 19.3 Å². The van der Waals surface area contributed by atoms with Gasteiger partial charge in [-0.2, -0.15) is 0 Å². The lowest BCUT2D eigenvalue weighted by atomic mass is 9.97. The predicted molar refractivity (Wildman–Crippen MR) is 72.0 cm³/mol. The fourth-order valence-corrected chi connectivity index (χ4v) is 1.78. The number of benzene rings is 1. The van der Waals surface area contributed by atoms with E-state index in [4.69, 9.17) is 0 Å². The van der Waals surface area contributed by atoms with Crippen molar-refractivity contribution in [1.29, 1.82) is 0 Å². The molecule has 18 heavy (non-hydrogen) atoms. The van der Waals surface area contributed by atoms with Crippen molar-refractivity contribution >= 4 is 5.78 Å². The molecule has 98 valence electrons. The molecule has 0 fully saturated rings. The molecule has 0 spiro atoms. The molecule has 1 aromatic carbocycles. The van der Waals surface area contributed by atoms with E-state index in [-0.39, 0.29) is 22.8 Å². The van der Waals surface area contributed by atoms with E-state index in [1.165, 1.54) is 18.2 Å².